The van der Waals surface area contributed by atoms with Crippen LogP contribution in [0, 0.1) is 0 Å². The summed E-state index contributed by atoms with van der Waals surface area (Å²) in [6.07, 6.45) is 3.11. The Bertz CT molecular complexity index is 1110. The number of hydrogen-bond acceptors (Lipinski definition) is 9. The zero-order valence-corrected chi connectivity index (χ0v) is 25.0. The molecule has 0 radical (unpaired) electrons. The SMILES string of the molecule is CSCCC(NC(=O)C(CCCN=C(N)N)NC(=O)C(N)CCCN=C(N)N)C(=O)NC(Cc1ccc(O)cc1)C(=O)O. The Morgan fingerprint density at radius 2 is 1.28 bits per heavy atom. The molecule has 0 aliphatic heterocycles. The van der Waals surface area contributed by atoms with Gasteiger partial charge in [-0.3, -0.25) is 24.4 Å². The molecule has 16 nitrogen and oxygen atoms in total. The molecule has 0 bridgehead atoms. The fraction of sp³-hybridized carbons (Fsp3) is 0.538. The summed E-state index contributed by atoms with van der Waals surface area (Å²) in [5.41, 5.74) is 27.9. The van der Waals surface area contributed by atoms with E-state index in [2.05, 4.69) is 25.9 Å². The molecule has 0 fully saturated rings. The molecule has 240 valence electrons. The Morgan fingerprint density at radius 1 is 0.791 bits per heavy atom. The third-order valence-electron chi connectivity index (χ3n) is 6.12. The number of benzene rings is 1. The van der Waals surface area contributed by atoms with Crippen molar-refractivity contribution in [3.8, 4) is 5.75 Å². The fourth-order valence-corrected chi connectivity index (χ4v) is 4.29. The maximum Gasteiger partial charge on any atom is 0.326 e. The molecule has 15 N–H and O–H groups in total. The number of nitrogens with one attached hydrogen (secondary N) is 3. The van der Waals surface area contributed by atoms with Crippen molar-refractivity contribution in [3.05, 3.63) is 29.8 Å². The summed E-state index contributed by atoms with van der Waals surface area (Å²) in [5, 5.41) is 27.0. The zero-order chi connectivity index (χ0) is 32.4. The minimum Gasteiger partial charge on any atom is -0.508 e. The van der Waals surface area contributed by atoms with E-state index in [4.69, 9.17) is 28.7 Å². The topological polar surface area (TPSA) is 300 Å². The van der Waals surface area contributed by atoms with Gasteiger partial charge < -0.3 is 54.8 Å². The van der Waals surface area contributed by atoms with Crippen molar-refractivity contribution in [2.24, 2.45) is 38.7 Å². The Morgan fingerprint density at radius 3 is 1.79 bits per heavy atom. The van der Waals surface area contributed by atoms with Crippen LogP contribution in [0.25, 0.3) is 0 Å². The number of rotatable bonds is 20. The molecule has 0 saturated heterocycles. The molecule has 1 rings (SSSR count). The maximum absolute atomic E-state index is 13.4. The van der Waals surface area contributed by atoms with Crippen LogP contribution < -0.4 is 44.6 Å². The summed E-state index contributed by atoms with van der Waals surface area (Å²) in [6, 6.07) is 1.50. The van der Waals surface area contributed by atoms with Crippen LogP contribution in [0.2, 0.25) is 0 Å². The first-order valence-corrected chi connectivity index (χ1v) is 15.0. The summed E-state index contributed by atoms with van der Waals surface area (Å²) >= 11 is 1.44. The Hall–Kier alpha value is -4.25. The first kappa shape index (κ1) is 36.8. The number of nitrogens with two attached hydrogens (primary N) is 5. The molecule has 0 aliphatic carbocycles. The highest BCUT2D eigenvalue weighted by Crippen LogP contribution is 2.12. The molecular weight excluding hydrogens is 580 g/mol. The monoisotopic (exact) mass is 624 g/mol. The van der Waals surface area contributed by atoms with Gasteiger partial charge >= 0.3 is 5.97 Å². The number of carboxylic acid groups (broad SMARTS) is 1. The van der Waals surface area contributed by atoms with Gasteiger partial charge in [0.05, 0.1) is 6.04 Å². The van der Waals surface area contributed by atoms with Gasteiger partial charge in [0.15, 0.2) is 11.9 Å². The quantitative estimate of drug-likeness (QED) is 0.0415. The second kappa shape index (κ2) is 19.8. The van der Waals surface area contributed by atoms with Gasteiger partial charge in [-0.25, -0.2) is 4.79 Å². The van der Waals surface area contributed by atoms with Crippen LogP contribution in [0.5, 0.6) is 5.75 Å². The van der Waals surface area contributed by atoms with Crippen LogP contribution in [0.4, 0.5) is 0 Å². The molecule has 0 heterocycles. The maximum atomic E-state index is 13.4. The number of guanidine groups is 2. The normalized spacial score (nSPS) is 13.4. The minimum atomic E-state index is -1.29. The number of nitrogens with zero attached hydrogens (tertiary/aromatic N) is 2. The number of aliphatic carboxylic acids is 1. The van der Waals surface area contributed by atoms with Crippen LogP contribution in [0.15, 0.2) is 34.3 Å². The summed E-state index contributed by atoms with van der Waals surface area (Å²) in [6.45, 7) is 0.475. The number of aromatic hydroxyl groups is 1. The lowest BCUT2D eigenvalue weighted by Gasteiger charge is -2.25. The third kappa shape index (κ3) is 15.5. The van der Waals surface area contributed by atoms with E-state index in [1.807, 2.05) is 6.26 Å². The summed E-state index contributed by atoms with van der Waals surface area (Å²) in [5.74, 6) is -2.91. The van der Waals surface area contributed by atoms with Gasteiger partial charge in [0, 0.05) is 19.5 Å². The van der Waals surface area contributed by atoms with Crippen molar-refractivity contribution in [1.82, 2.24) is 16.0 Å². The molecule has 43 heavy (non-hydrogen) atoms. The number of carboxylic acids is 1. The molecule has 4 atom stereocenters. The van der Waals surface area contributed by atoms with E-state index in [9.17, 15) is 29.4 Å². The van der Waals surface area contributed by atoms with Gasteiger partial charge in [-0.2, -0.15) is 11.8 Å². The summed E-state index contributed by atoms with van der Waals surface area (Å²) in [4.78, 5) is 59.0. The van der Waals surface area contributed by atoms with Crippen molar-refractivity contribution in [1.29, 1.82) is 0 Å². The van der Waals surface area contributed by atoms with E-state index in [1.54, 1.807) is 12.1 Å². The number of phenols is 1. The number of carbonyl (C=O) groups excluding carboxylic acids is 3. The molecule has 17 heteroatoms. The van der Waals surface area contributed by atoms with Crippen molar-refractivity contribution in [3.63, 3.8) is 0 Å². The summed E-state index contributed by atoms with van der Waals surface area (Å²) in [7, 11) is 0. The lowest BCUT2D eigenvalue weighted by atomic mass is 10.0. The van der Waals surface area contributed by atoms with Gasteiger partial charge in [0.2, 0.25) is 17.7 Å². The smallest absolute Gasteiger partial charge is 0.326 e. The van der Waals surface area contributed by atoms with Gasteiger partial charge in [-0.05, 0) is 61.8 Å². The first-order valence-electron chi connectivity index (χ1n) is 13.6. The van der Waals surface area contributed by atoms with E-state index >= 15 is 0 Å². The second-order valence-electron chi connectivity index (χ2n) is 9.68. The molecule has 0 aliphatic rings. The van der Waals surface area contributed by atoms with Gasteiger partial charge in [0.25, 0.3) is 0 Å². The van der Waals surface area contributed by atoms with Crippen molar-refractivity contribution in [2.75, 3.05) is 25.1 Å². The predicted octanol–water partition coefficient (Wildman–Crippen LogP) is -2.34. The molecule has 1 aromatic carbocycles. The molecular formula is C26H44N10O6S. The van der Waals surface area contributed by atoms with E-state index in [1.165, 1.54) is 23.9 Å². The van der Waals surface area contributed by atoms with Crippen LogP contribution in [-0.2, 0) is 25.6 Å². The zero-order valence-electron chi connectivity index (χ0n) is 24.2. The lowest BCUT2D eigenvalue weighted by Crippen LogP contribution is -2.57. The molecule has 3 amide bonds. The Balaban J connectivity index is 3.01. The second-order valence-corrected chi connectivity index (χ2v) is 10.7. The fourth-order valence-electron chi connectivity index (χ4n) is 3.82. The lowest BCUT2D eigenvalue weighted by molar-refractivity contribution is -0.142. The van der Waals surface area contributed by atoms with Crippen LogP contribution in [0.3, 0.4) is 0 Å². The van der Waals surface area contributed by atoms with Gasteiger partial charge in [-0.15, -0.1) is 0 Å². The average Bonchev–Trinajstić information content (AvgIpc) is 2.94. The van der Waals surface area contributed by atoms with Gasteiger partial charge in [-0.1, -0.05) is 12.1 Å². The number of thioether (sulfide) groups is 1. The van der Waals surface area contributed by atoms with Crippen LogP contribution in [0.1, 0.15) is 37.7 Å². The predicted molar refractivity (Wildman–Crippen MR) is 166 cm³/mol. The molecule has 1 aromatic rings. The van der Waals surface area contributed by atoms with Crippen molar-refractivity contribution in [2.45, 2.75) is 62.7 Å². The highest BCUT2D eigenvalue weighted by molar-refractivity contribution is 7.98. The van der Waals surface area contributed by atoms with E-state index in [-0.39, 0.29) is 56.4 Å². The molecule has 0 saturated carbocycles. The van der Waals surface area contributed by atoms with E-state index < -0.39 is 47.9 Å². The van der Waals surface area contributed by atoms with Gasteiger partial charge in [0.1, 0.15) is 23.9 Å². The number of amides is 3. The first-order chi connectivity index (χ1) is 20.3. The van der Waals surface area contributed by atoms with Crippen molar-refractivity contribution >= 4 is 47.4 Å². The standard InChI is InChI=1S/C26H44N10O6S/c1-43-13-10-19(23(40)36-20(24(41)42)14-15-6-8-16(37)9-7-15)35-22(39)18(5-3-12-33-26(30)31)34-21(38)17(27)4-2-11-32-25(28)29/h6-9,17-20,37H,2-5,10-14,27H2,1H3,(H,34,38)(H,35,39)(H,36,40)(H,41,42)(H4,28,29,32)(H4,30,31,33). The molecule has 0 aromatic heterocycles. The van der Waals surface area contributed by atoms with Crippen LogP contribution in [-0.4, -0.2) is 95.1 Å². The Labute approximate surface area is 254 Å². The highest BCUT2D eigenvalue weighted by atomic mass is 32.2. The number of phenolic OH excluding ortho intramolecular Hbond substituents is 1. The Kier molecular flexibility index (Phi) is 16.9. The minimum absolute atomic E-state index is 0.0198. The largest absolute Gasteiger partial charge is 0.508 e. The number of aliphatic imine (C=N–C) groups is 2. The average molecular weight is 625 g/mol. The van der Waals surface area contributed by atoms with Crippen molar-refractivity contribution < 1.29 is 29.4 Å². The van der Waals surface area contributed by atoms with E-state index in [0.717, 1.165) is 0 Å². The van der Waals surface area contributed by atoms with E-state index in [0.29, 0.717) is 24.2 Å². The number of carbonyl (C=O) groups is 4. The molecule has 0 spiro atoms. The number of hydrogen-bond donors (Lipinski definition) is 10. The molecule has 4 unspecified atom stereocenters. The van der Waals surface area contributed by atoms with Crippen LogP contribution >= 0.6 is 11.8 Å². The highest BCUT2D eigenvalue weighted by Gasteiger charge is 2.30. The third-order valence-corrected chi connectivity index (χ3v) is 6.76. The summed E-state index contributed by atoms with van der Waals surface area (Å²) < 4.78 is 0.